The fraction of sp³-hybridized carbons (Fsp3) is 0.444. The molecule has 3 rings (SSSR count). The molecule has 0 bridgehead atoms. The van der Waals surface area contributed by atoms with E-state index in [1.807, 2.05) is 23.3 Å². The van der Waals surface area contributed by atoms with Crippen LogP contribution in [0.15, 0.2) is 36.4 Å². The lowest BCUT2D eigenvalue weighted by atomic mass is 10.0. The van der Waals surface area contributed by atoms with Crippen molar-refractivity contribution in [2.75, 3.05) is 19.6 Å². The Hall–Kier alpha value is -2.35. The quantitative estimate of drug-likeness (QED) is 0.855. The summed E-state index contributed by atoms with van der Waals surface area (Å²) in [5, 5.41) is 8.10. The van der Waals surface area contributed by atoms with Gasteiger partial charge in [-0.05, 0) is 24.8 Å². The van der Waals surface area contributed by atoms with Gasteiger partial charge < -0.3 is 10.2 Å². The lowest BCUT2D eigenvalue weighted by molar-refractivity contribution is -0.141. The van der Waals surface area contributed by atoms with Crippen LogP contribution in [0, 0.1) is 0 Å². The van der Waals surface area contributed by atoms with Crippen LogP contribution in [0.4, 0.5) is 13.2 Å². The Labute approximate surface area is 149 Å². The fourth-order valence-corrected chi connectivity index (χ4v) is 3.08. The molecule has 2 aromatic rings. The average molecular weight is 366 g/mol. The molecule has 0 aliphatic carbocycles. The number of alkyl halides is 3. The summed E-state index contributed by atoms with van der Waals surface area (Å²) in [6.07, 6.45) is -2.00. The van der Waals surface area contributed by atoms with Crippen LogP contribution >= 0.6 is 0 Å². The van der Waals surface area contributed by atoms with Crippen LogP contribution in [0.3, 0.4) is 0 Å². The molecule has 2 N–H and O–H groups in total. The molecule has 1 fully saturated rings. The highest BCUT2D eigenvalue weighted by molar-refractivity contribution is 5.92. The van der Waals surface area contributed by atoms with Crippen molar-refractivity contribution >= 4 is 5.91 Å². The van der Waals surface area contributed by atoms with Crippen LogP contribution in [0.5, 0.6) is 0 Å². The number of amides is 1. The van der Waals surface area contributed by atoms with Gasteiger partial charge in [-0.25, -0.2) is 0 Å². The number of benzene rings is 1. The number of nitrogens with one attached hydrogen (secondary N) is 2. The van der Waals surface area contributed by atoms with Crippen molar-refractivity contribution in [1.82, 2.24) is 20.4 Å². The van der Waals surface area contributed by atoms with Crippen LogP contribution in [0.1, 0.15) is 34.6 Å². The van der Waals surface area contributed by atoms with Crippen molar-refractivity contribution in [3.63, 3.8) is 0 Å². The van der Waals surface area contributed by atoms with E-state index in [0.717, 1.165) is 45.0 Å². The summed E-state index contributed by atoms with van der Waals surface area (Å²) in [4.78, 5) is 14.4. The van der Waals surface area contributed by atoms with E-state index in [4.69, 9.17) is 0 Å². The maximum atomic E-state index is 12.6. The molecule has 5 nitrogen and oxygen atoms in total. The Kier molecular flexibility index (Phi) is 5.61. The predicted octanol–water partition coefficient (Wildman–Crippen LogP) is 2.87. The monoisotopic (exact) mass is 366 g/mol. The fourth-order valence-electron chi connectivity index (χ4n) is 3.08. The number of H-pyrrole nitrogens is 1. The van der Waals surface area contributed by atoms with Gasteiger partial charge in [-0.3, -0.25) is 9.89 Å². The summed E-state index contributed by atoms with van der Waals surface area (Å²) in [6.45, 7) is 2.66. The zero-order valence-electron chi connectivity index (χ0n) is 14.2. The second-order valence-electron chi connectivity index (χ2n) is 6.49. The average Bonchev–Trinajstić information content (AvgIpc) is 3.13. The van der Waals surface area contributed by atoms with Gasteiger partial charge in [0.2, 0.25) is 0 Å². The Morgan fingerprint density at radius 3 is 2.54 bits per heavy atom. The molecular weight excluding hydrogens is 345 g/mol. The number of carbonyl (C=O) groups excluding carboxylic acids is 1. The van der Waals surface area contributed by atoms with Gasteiger partial charge in [0.15, 0.2) is 5.69 Å². The van der Waals surface area contributed by atoms with Gasteiger partial charge in [0, 0.05) is 31.7 Å². The Balaban J connectivity index is 1.43. The van der Waals surface area contributed by atoms with Crippen molar-refractivity contribution in [3.05, 3.63) is 53.3 Å². The zero-order chi connectivity index (χ0) is 18.6. The van der Waals surface area contributed by atoms with Crippen LogP contribution in [0.25, 0.3) is 0 Å². The molecule has 2 heterocycles. The van der Waals surface area contributed by atoms with Gasteiger partial charge in [-0.1, -0.05) is 30.3 Å². The summed E-state index contributed by atoms with van der Waals surface area (Å²) in [6, 6.07) is 10.9. The van der Waals surface area contributed by atoms with Crippen molar-refractivity contribution < 1.29 is 18.0 Å². The lowest BCUT2D eigenvalue weighted by Crippen LogP contribution is -2.45. The predicted molar refractivity (Wildman–Crippen MR) is 90.7 cm³/mol. The highest BCUT2D eigenvalue weighted by Crippen LogP contribution is 2.27. The second-order valence-corrected chi connectivity index (χ2v) is 6.49. The summed E-state index contributed by atoms with van der Waals surface area (Å²) >= 11 is 0. The van der Waals surface area contributed by atoms with E-state index in [-0.39, 0.29) is 11.7 Å². The molecule has 1 aliphatic heterocycles. The first kappa shape index (κ1) is 18.4. The minimum absolute atomic E-state index is 0.0403. The molecule has 1 aliphatic rings. The molecule has 0 radical (unpaired) electrons. The lowest BCUT2D eigenvalue weighted by Gasteiger charge is -2.32. The normalized spacial score (nSPS) is 16.6. The van der Waals surface area contributed by atoms with Gasteiger partial charge in [-0.2, -0.15) is 18.3 Å². The number of carbonyl (C=O) groups is 1. The van der Waals surface area contributed by atoms with Crippen LogP contribution in [0.2, 0.25) is 0 Å². The molecule has 0 atom stereocenters. The highest BCUT2D eigenvalue weighted by atomic mass is 19.4. The van der Waals surface area contributed by atoms with E-state index in [2.05, 4.69) is 27.4 Å². The highest BCUT2D eigenvalue weighted by Gasteiger charge is 2.34. The van der Waals surface area contributed by atoms with Gasteiger partial charge in [0.1, 0.15) is 5.69 Å². The van der Waals surface area contributed by atoms with E-state index >= 15 is 0 Å². The molecular formula is C18H21F3N4O. The number of rotatable bonds is 5. The number of aromatic nitrogens is 2. The number of likely N-dealkylation sites (tertiary alicyclic amines) is 1. The number of hydrogen-bond donors (Lipinski definition) is 2. The molecule has 0 spiro atoms. The third-order valence-corrected chi connectivity index (χ3v) is 4.60. The van der Waals surface area contributed by atoms with Crippen molar-refractivity contribution in [1.29, 1.82) is 0 Å². The van der Waals surface area contributed by atoms with Crippen LogP contribution < -0.4 is 5.32 Å². The SMILES string of the molecule is O=C(NC1CCN(CCc2ccccc2)CC1)c1cc(C(F)(F)F)[nH]n1. The maximum Gasteiger partial charge on any atom is 0.432 e. The molecule has 1 saturated heterocycles. The topological polar surface area (TPSA) is 61.0 Å². The minimum atomic E-state index is -4.53. The molecule has 140 valence electrons. The number of halogens is 3. The smallest absolute Gasteiger partial charge is 0.348 e. The Morgan fingerprint density at radius 2 is 1.92 bits per heavy atom. The maximum absolute atomic E-state index is 12.6. The number of nitrogens with zero attached hydrogens (tertiary/aromatic N) is 2. The van der Waals surface area contributed by atoms with Gasteiger partial charge in [0.25, 0.3) is 5.91 Å². The van der Waals surface area contributed by atoms with Crippen molar-refractivity contribution in [3.8, 4) is 0 Å². The number of aromatic amines is 1. The first-order chi connectivity index (χ1) is 12.4. The third-order valence-electron chi connectivity index (χ3n) is 4.60. The standard InChI is InChI=1S/C18H21F3N4O/c19-18(20,21)16-12-15(23-24-16)17(26)22-14-7-10-25(11-8-14)9-6-13-4-2-1-3-5-13/h1-5,12,14H,6-11H2,(H,22,26)(H,23,24). The molecule has 1 aromatic carbocycles. The van der Waals surface area contributed by atoms with Crippen LogP contribution in [-0.2, 0) is 12.6 Å². The molecule has 0 unspecified atom stereocenters. The van der Waals surface area contributed by atoms with Gasteiger partial charge >= 0.3 is 6.18 Å². The third kappa shape index (κ3) is 4.85. The van der Waals surface area contributed by atoms with E-state index in [1.54, 1.807) is 0 Å². The van der Waals surface area contributed by atoms with Crippen molar-refractivity contribution in [2.45, 2.75) is 31.5 Å². The zero-order valence-corrected chi connectivity index (χ0v) is 14.2. The van der Waals surface area contributed by atoms with E-state index in [9.17, 15) is 18.0 Å². The van der Waals surface area contributed by atoms with Crippen LogP contribution in [-0.4, -0.2) is 46.7 Å². The van der Waals surface area contributed by atoms with E-state index in [0.29, 0.717) is 0 Å². The van der Waals surface area contributed by atoms with E-state index < -0.39 is 17.8 Å². The Bertz CT molecular complexity index is 722. The molecule has 26 heavy (non-hydrogen) atoms. The number of piperidine rings is 1. The summed E-state index contributed by atoms with van der Waals surface area (Å²) in [7, 11) is 0. The largest absolute Gasteiger partial charge is 0.432 e. The van der Waals surface area contributed by atoms with Crippen molar-refractivity contribution in [2.24, 2.45) is 0 Å². The van der Waals surface area contributed by atoms with E-state index in [1.165, 1.54) is 5.56 Å². The summed E-state index contributed by atoms with van der Waals surface area (Å²) < 4.78 is 37.7. The summed E-state index contributed by atoms with van der Waals surface area (Å²) in [5.74, 6) is -0.570. The molecule has 8 heteroatoms. The van der Waals surface area contributed by atoms with Gasteiger partial charge in [-0.15, -0.1) is 0 Å². The molecule has 0 saturated carbocycles. The number of hydrogen-bond acceptors (Lipinski definition) is 3. The van der Waals surface area contributed by atoms with Gasteiger partial charge in [0.05, 0.1) is 0 Å². The first-order valence-corrected chi connectivity index (χ1v) is 8.61. The summed E-state index contributed by atoms with van der Waals surface area (Å²) in [5.41, 5.74) is 0.0455. The second kappa shape index (κ2) is 7.90. The first-order valence-electron chi connectivity index (χ1n) is 8.61. The molecule has 1 aromatic heterocycles. The minimum Gasteiger partial charge on any atom is -0.348 e. The Morgan fingerprint density at radius 1 is 1.23 bits per heavy atom. The molecule has 1 amide bonds.